The van der Waals surface area contributed by atoms with Crippen LogP contribution in [0.25, 0.3) is 0 Å². The number of ether oxygens (including phenoxy) is 1. The van der Waals surface area contributed by atoms with E-state index in [2.05, 4.69) is 11.9 Å². The Kier molecular flexibility index (Phi) is 2.45. The second-order valence-corrected chi connectivity index (χ2v) is 2.30. The van der Waals surface area contributed by atoms with Crippen molar-refractivity contribution in [2.75, 3.05) is 13.2 Å². The molecule has 1 saturated heterocycles. The van der Waals surface area contributed by atoms with E-state index in [-0.39, 0.29) is 18.6 Å². The highest BCUT2D eigenvalue weighted by molar-refractivity contribution is 5.78. The van der Waals surface area contributed by atoms with E-state index >= 15 is 0 Å². The second-order valence-electron chi connectivity index (χ2n) is 2.30. The van der Waals surface area contributed by atoms with Gasteiger partial charge in [-0.1, -0.05) is 6.08 Å². The maximum absolute atomic E-state index is 10.7. The van der Waals surface area contributed by atoms with Gasteiger partial charge < -0.3 is 10.1 Å². The van der Waals surface area contributed by atoms with Crippen LogP contribution < -0.4 is 5.32 Å². The Morgan fingerprint density at radius 3 is 3.30 bits per heavy atom. The standard InChI is InChI=1S/C7H11NO2/c1-2-3-6-4-10-5-7(9)8-6/h2,6H,1,3-5H2,(H,8,9)/t6-/m1/s1. The molecule has 0 aromatic rings. The number of carbonyl (C=O) groups is 1. The third-order valence-corrected chi connectivity index (χ3v) is 1.37. The van der Waals surface area contributed by atoms with Crippen molar-refractivity contribution in [2.45, 2.75) is 12.5 Å². The fourth-order valence-corrected chi connectivity index (χ4v) is 0.933. The molecule has 0 aliphatic carbocycles. The fourth-order valence-electron chi connectivity index (χ4n) is 0.933. The topological polar surface area (TPSA) is 38.3 Å². The average Bonchev–Trinajstić information content (AvgIpc) is 1.88. The summed E-state index contributed by atoms with van der Waals surface area (Å²) in [5.41, 5.74) is 0. The van der Waals surface area contributed by atoms with Gasteiger partial charge in [0.2, 0.25) is 5.91 Å². The molecular formula is C7H11NO2. The van der Waals surface area contributed by atoms with E-state index in [1.54, 1.807) is 6.08 Å². The van der Waals surface area contributed by atoms with Crippen LogP contribution in [0.3, 0.4) is 0 Å². The Labute approximate surface area is 60.1 Å². The van der Waals surface area contributed by atoms with Crippen molar-refractivity contribution < 1.29 is 9.53 Å². The van der Waals surface area contributed by atoms with Gasteiger partial charge in [-0.15, -0.1) is 6.58 Å². The van der Waals surface area contributed by atoms with Crippen LogP contribution in [0.5, 0.6) is 0 Å². The van der Waals surface area contributed by atoms with E-state index in [0.717, 1.165) is 6.42 Å². The maximum atomic E-state index is 10.7. The van der Waals surface area contributed by atoms with Crippen molar-refractivity contribution in [3.63, 3.8) is 0 Å². The summed E-state index contributed by atoms with van der Waals surface area (Å²) >= 11 is 0. The molecule has 0 spiro atoms. The van der Waals surface area contributed by atoms with Crippen LogP contribution in [0.4, 0.5) is 0 Å². The molecular weight excluding hydrogens is 130 g/mol. The zero-order valence-corrected chi connectivity index (χ0v) is 5.80. The molecule has 1 N–H and O–H groups in total. The van der Waals surface area contributed by atoms with Gasteiger partial charge in [0.1, 0.15) is 6.61 Å². The Bertz CT molecular complexity index is 145. The van der Waals surface area contributed by atoms with Gasteiger partial charge in [-0.3, -0.25) is 4.79 Å². The van der Waals surface area contributed by atoms with Crippen LogP contribution in [-0.2, 0) is 9.53 Å². The van der Waals surface area contributed by atoms with E-state index in [1.807, 2.05) is 0 Å². The first-order valence-electron chi connectivity index (χ1n) is 3.31. The highest BCUT2D eigenvalue weighted by atomic mass is 16.5. The monoisotopic (exact) mass is 141 g/mol. The Morgan fingerprint density at radius 1 is 1.90 bits per heavy atom. The molecule has 3 heteroatoms. The molecule has 0 radical (unpaired) electrons. The molecule has 0 bridgehead atoms. The lowest BCUT2D eigenvalue weighted by molar-refractivity contribution is -0.131. The zero-order valence-electron chi connectivity index (χ0n) is 5.80. The summed E-state index contributed by atoms with van der Waals surface area (Å²) in [4.78, 5) is 10.7. The smallest absolute Gasteiger partial charge is 0.246 e. The summed E-state index contributed by atoms with van der Waals surface area (Å²) in [6.45, 7) is 4.38. The molecule has 10 heavy (non-hydrogen) atoms. The summed E-state index contributed by atoms with van der Waals surface area (Å²) in [7, 11) is 0. The minimum absolute atomic E-state index is 0.0295. The lowest BCUT2D eigenvalue weighted by atomic mass is 10.2. The third kappa shape index (κ3) is 1.84. The van der Waals surface area contributed by atoms with Gasteiger partial charge in [-0.2, -0.15) is 0 Å². The van der Waals surface area contributed by atoms with E-state index in [9.17, 15) is 4.79 Å². The van der Waals surface area contributed by atoms with Gasteiger partial charge in [0.15, 0.2) is 0 Å². The van der Waals surface area contributed by atoms with Gasteiger partial charge in [-0.05, 0) is 6.42 Å². The zero-order chi connectivity index (χ0) is 7.40. The highest BCUT2D eigenvalue weighted by Gasteiger charge is 2.16. The van der Waals surface area contributed by atoms with Crippen molar-refractivity contribution in [2.24, 2.45) is 0 Å². The Hall–Kier alpha value is -0.830. The van der Waals surface area contributed by atoms with Crippen LogP contribution in [0, 0.1) is 0 Å². The Morgan fingerprint density at radius 2 is 2.70 bits per heavy atom. The largest absolute Gasteiger partial charge is 0.370 e. The van der Waals surface area contributed by atoms with Crippen LogP contribution in [0.1, 0.15) is 6.42 Å². The highest BCUT2D eigenvalue weighted by Crippen LogP contribution is 1.98. The molecule has 1 atom stereocenters. The van der Waals surface area contributed by atoms with Crippen LogP contribution in [-0.4, -0.2) is 25.2 Å². The van der Waals surface area contributed by atoms with Gasteiger partial charge in [0.25, 0.3) is 0 Å². The van der Waals surface area contributed by atoms with E-state index in [0.29, 0.717) is 6.61 Å². The van der Waals surface area contributed by atoms with Gasteiger partial charge in [0.05, 0.1) is 12.6 Å². The second kappa shape index (κ2) is 3.37. The number of amides is 1. The molecule has 1 amide bonds. The van der Waals surface area contributed by atoms with Crippen molar-refractivity contribution in [3.8, 4) is 0 Å². The molecule has 56 valence electrons. The molecule has 1 fully saturated rings. The first kappa shape index (κ1) is 7.28. The number of hydrogen-bond acceptors (Lipinski definition) is 2. The van der Waals surface area contributed by atoms with Crippen LogP contribution in [0.2, 0.25) is 0 Å². The number of hydrogen-bond donors (Lipinski definition) is 1. The van der Waals surface area contributed by atoms with E-state index in [4.69, 9.17) is 4.74 Å². The lowest BCUT2D eigenvalue weighted by Gasteiger charge is -2.21. The molecule has 1 heterocycles. The van der Waals surface area contributed by atoms with Crippen LogP contribution in [0.15, 0.2) is 12.7 Å². The SMILES string of the molecule is C=CC[C@@H]1COCC(=O)N1. The first-order chi connectivity index (χ1) is 4.83. The summed E-state index contributed by atoms with van der Waals surface area (Å²) < 4.78 is 4.99. The quantitative estimate of drug-likeness (QED) is 0.553. The summed E-state index contributed by atoms with van der Waals surface area (Å²) in [6.07, 6.45) is 2.56. The molecule has 0 saturated carbocycles. The summed E-state index contributed by atoms with van der Waals surface area (Å²) in [6, 6.07) is 0.138. The summed E-state index contributed by atoms with van der Waals surface area (Å²) in [5.74, 6) is -0.0295. The number of nitrogens with one attached hydrogen (secondary N) is 1. The van der Waals surface area contributed by atoms with Crippen molar-refractivity contribution >= 4 is 5.91 Å². The Balaban J connectivity index is 2.31. The minimum atomic E-state index is -0.0295. The molecule has 1 rings (SSSR count). The molecule has 1 aliphatic heterocycles. The number of rotatable bonds is 2. The van der Waals surface area contributed by atoms with Gasteiger partial charge in [-0.25, -0.2) is 0 Å². The minimum Gasteiger partial charge on any atom is -0.370 e. The van der Waals surface area contributed by atoms with Crippen LogP contribution >= 0.6 is 0 Å². The number of carbonyl (C=O) groups excluding carboxylic acids is 1. The van der Waals surface area contributed by atoms with Crippen molar-refractivity contribution in [1.29, 1.82) is 0 Å². The normalized spacial score (nSPS) is 25.6. The first-order valence-corrected chi connectivity index (χ1v) is 3.31. The average molecular weight is 141 g/mol. The van der Waals surface area contributed by atoms with E-state index in [1.165, 1.54) is 0 Å². The fraction of sp³-hybridized carbons (Fsp3) is 0.571. The third-order valence-electron chi connectivity index (χ3n) is 1.37. The summed E-state index contributed by atoms with van der Waals surface area (Å²) in [5, 5.41) is 2.78. The van der Waals surface area contributed by atoms with Crippen molar-refractivity contribution in [3.05, 3.63) is 12.7 Å². The number of morpholine rings is 1. The van der Waals surface area contributed by atoms with E-state index < -0.39 is 0 Å². The molecule has 0 aromatic heterocycles. The maximum Gasteiger partial charge on any atom is 0.246 e. The predicted molar refractivity (Wildman–Crippen MR) is 37.6 cm³/mol. The predicted octanol–water partition coefficient (Wildman–Crippen LogP) is 0.0775. The van der Waals surface area contributed by atoms with Gasteiger partial charge in [0, 0.05) is 0 Å². The molecule has 0 unspecified atom stereocenters. The molecule has 0 aromatic carbocycles. The molecule has 1 aliphatic rings. The van der Waals surface area contributed by atoms with Crippen molar-refractivity contribution in [1.82, 2.24) is 5.32 Å². The molecule has 3 nitrogen and oxygen atoms in total. The van der Waals surface area contributed by atoms with Gasteiger partial charge >= 0.3 is 0 Å². The lowest BCUT2D eigenvalue weighted by Crippen LogP contribution is -2.45.